The minimum absolute atomic E-state index is 0.0810. The molecule has 2 heterocycles. The number of carbonyl (C=O) groups excluding carboxylic acids is 1. The van der Waals surface area contributed by atoms with Crippen LogP contribution in [-0.2, 0) is 15.7 Å². The summed E-state index contributed by atoms with van der Waals surface area (Å²) in [5, 5.41) is 2.65. The first kappa shape index (κ1) is 22.4. The third-order valence-electron chi connectivity index (χ3n) is 5.50. The van der Waals surface area contributed by atoms with E-state index in [1.807, 2.05) is 4.90 Å². The van der Waals surface area contributed by atoms with Gasteiger partial charge >= 0.3 is 6.18 Å². The van der Waals surface area contributed by atoms with Crippen LogP contribution >= 0.6 is 0 Å². The molecule has 2 aliphatic heterocycles. The van der Waals surface area contributed by atoms with Crippen molar-refractivity contribution in [2.75, 3.05) is 49.7 Å². The molecular weight excluding hydrogens is 425 g/mol. The van der Waals surface area contributed by atoms with Crippen LogP contribution in [0.2, 0.25) is 0 Å². The summed E-state index contributed by atoms with van der Waals surface area (Å²) in [7, 11) is 0. The van der Waals surface area contributed by atoms with Crippen LogP contribution in [0.1, 0.15) is 28.8 Å². The van der Waals surface area contributed by atoms with Crippen LogP contribution in [0.4, 0.5) is 24.5 Å². The van der Waals surface area contributed by atoms with Gasteiger partial charge in [-0.15, -0.1) is 0 Å². The fraction of sp³-hybridized carbons (Fsp3) is 0.435. The molecule has 0 saturated carbocycles. The third kappa shape index (κ3) is 5.52. The lowest BCUT2D eigenvalue weighted by Crippen LogP contribution is -2.36. The number of amides is 1. The molecule has 2 aliphatic rings. The quantitative estimate of drug-likeness (QED) is 0.709. The van der Waals surface area contributed by atoms with E-state index in [0.717, 1.165) is 31.6 Å². The molecule has 32 heavy (non-hydrogen) atoms. The highest BCUT2D eigenvalue weighted by Crippen LogP contribution is 2.36. The van der Waals surface area contributed by atoms with Crippen LogP contribution in [0, 0.1) is 0 Å². The van der Waals surface area contributed by atoms with Gasteiger partial charge in [0, 0.05) is 25.3 Å². The molecule has 2 fully saturated rings. The highest BCUT2D eigenvalue weighted by molar-refractivity contribution is 6.06. The number of nitrogens with zero attached hydrogens (tertiary/aromatic N) is 1. The highest BCUT2D eigenvalue weighted by atomic mass is 19.4. The van der Waals surface area contributed by atoms with Gasteiger partial charge in [0.05, 0.1) is 36.3 Å². The minimum atomic E-state index is -4.51. The number of carbonyl (C=O) groups is 1. The van der Waals surface area contributed by atoms with Crippen molar-refractivity contribution in [2.24, 2.45) is 0 Å². The number of hydrogen-bond donors (Lipinski definition) is 1. The molecule has 1 unspecified atom stereocenters. The number of rotatable bonds is 6. The molecule has 1 N–H and O–H groups in total. The largest absolute Gasteiger partial charge is 0.491 e. The Bertz CT molecular complexity index is 922. The normalized spacial score (nSPS) is 19.1. The van der Waals surface area contributed by atoms with Gasteiger partial charge < -0.3 is 24.4 Å². The van der Waals surface area contributed by atoms with Crippen LogP contribution in [0.3, 0.4) is 0 Å². The first-order chi connectivity index (χ1) is 15.4. The van der Waals surface area contributed by atoms with Crippen molar-refractivity contribution in [1.29, 1.82) is 0 Å². The summed E-state index contributed by atoms with van der Waals surface area (Å²) in [5.74, 6) is 0.106. The van der Waals surface area contributed by atoms with E-state index >= 15 is 0 Å². The number of anilines is 2. The Morgan fingerprint density at radius 1 is 1.09 bits per heavy atom. The molecule has 2 aromatic carbocycles. The van der Waals surface area contributed by atoms with Gasteiger partial charge in [-0.2, -0.15) is 13.2 Å². The van der Waals surface area contributed by atoms with Crippen molar-refractivity contribution in [3.8, 4) is 5.75 Å². The van der Waals surface area contributed by atoms with Gasteiger partial charge in [-0.3, -0.25) is 4.79 Å². The summed E-state index contributed by atoms with van der Waals surface area (Å²) in [5.41, 5.74) is 0.152. The Balaban J connectivity index is 1.48. The average molecular weight is 450 g/mol. The zero-order chi connectivity index (χ0) is 22.6. The summed E-state index contributed by atoms with van der Waals surface area (Å²) < 4.78 is 56.3. The van der Waals surface area contributed by atoms with Crippen molar-refractivity contribution >= 4 is 17.3 Å². The fourth-order valence-electron chi connectivity index (χ4n) is 3.75. The van der Waals surface area contributed by atoms with E-state index < -0.39 is 17.6 Å². The average Bonchev–Trinajstić information content (AvgIpc) is 3.32. The molecule has 0 radical (unpaired) electrons. The van der Waals surface area contributed by atoms with E-state index in [9.17, 15) is 18.0 Å². The van der Waals surface area contributed by atoms with Crippen LogP contribution in [0.5, 0.6) is 5.75 Å². The highest BCUT2D eigenvalue weighted by Gasteiger charge is 2.32. The number of halogens is 3. The molecule has 0 spiro atoms. The molecule has 9 heteroatoms. The first-order valence-corrected chi connectivity index (χ1v) is 10.6. The summed E-state index contributed by atoms with van der Waals surface area (Å²) in [4.78, 5) is 14.7. The summed E-state index contributed by atoms with van der Waals surface area (Å²) in [6, 6.07) is 9.90. The van der Waals surface area contributed by atoms with Crippen molar-refractivity contribution in [1.82, 2.24) is 0 Å². The van der Waals surface area contributed by atoms with E-state index in [1.165, 1.54) is 6.07 Å². The number of benzene rings is 2. The molecule has 4 rings (SSSR count). The van der Waals surface area contributed by atoms with Gasteiger partial charge in [-0.1, -0.05) is 0 Å². The molecule has 172 valence electrons. The van der Waals surface area contributed by atoms with Crippen LogP contribution in [-0.4, -0.2) is 51.5 Å². The predicted molar refractivity (Wildman–Crippen MR) is 113 cm³/mol. The monoisotopic (exact) mass is 450 g/mol. The lowest BCUT2D eigenvalue weighted by atomic mass is 10.1. The van der Waals surface area contributed by atoms with E-state index in [4.69, 9.17) is 14.2 Å². The number of morpholine rings is 1. The van der Waals surface area contributed by atoms with Crippen LogP contribution < -0.4 is 15.0 Å². The zero-order valence-electron chi connectivity index (χ0n) is 17.5. The summed E-state index contributed by atoms with van der Waals surface area (Å²) in [6.45, 7) is 3.20. The number of hydrogen-bond acceptors (Lipinski definition) is 5. The van der Waals surface area contributed by atoms with Gasteiger partial charge in [0.25, 0.3) is 5.91 Å². The lowest BCUT2D eigenvalue weighted by Gasteiger charge is -2.31. The lowest BCUT2D eigenvalue weighted by molar-refractivity contribution is -0.137. The summed E-state index contributed by atoms with van der Waals surface area (Å²) in [6.07, 6.45) is -2.44. The SMILES string of the molecule is O=C(Nc1cc(C(F)(F)F)ccc1N1CCOCC1)c1ccc(OCC2CCCO2)cc1. The molecule has 6 nitrogen and oxygen atoms in total. The second-order valence-corrected chi connectivity index (χ2v) is 7.75. The van der Waals surface area contributed by atoms with Crippen molar-refractivity contribution in [2.45, 2.75) is 25.1 Å². The molecule has 1 atom stereocenters. The molecule has 2 saturated heterocycles. The number of alkyl halides is 3. The topological polar surface area (TPSA) is 60.0 Å². The Morgan fingerprint density at radius 2 is 1.84 bits per heavy atom. The van der Waals surface area contributed by atoms with Crippen molar-refractivity contribution in [3.05, 3.63) is 53.6 Å². The van der Waals surface area contributed by atoms with E-state index in [-0.39, 0.29) is 11.8 Å². The van der Waals surface area contributed by atoms with Crippen LogP contribution in [0.25, 0.3) is 0 Å². The maximum atomic E-state index is 13.3. The summed E-state index contributed by atoms with van der Waals surface area (Å²) >= 11 is 0. The minimum Gasteiger partial charge on any atom is -0.491 e. The maximum Gasteiger partial charge on any atom is 0.416 e. The predicted octanol–water partition coefficient (Wildman–Crippen LogP) is 4.35. The van der Waals surface area contributed by atoms with Gasteiger partial charge in [0.1, 0.15) is 12.4 Å². The second kappa shape index (κ2) is 9.79. The number of ether oxygens (including phenoxy) is 3. The van der Waals surface area contributed by atoms with Crippen molar-refractivity contribution in [3.63, 3.8) is 0 Å². The second-order valence-electron chi connectivity index (χ2n) is 7.75. The Kier molecular flexibility index (Phi) is 6.86. The Hall–Kier alpha value is -2.78. The molecule has 0 bridgehead atoms. The third-order valence-corrected chi connectivity index (χ3v) is 5.50. The van der Waals surface area contributed by atoms with Gasteiger partial charge in [-0.05, 0) is 55.3 Å². The van der Waals surface area contributed by atoms with E-state index in [0.29, 0.717) is 49.9 Å². The first-order valence-electron chi connectivity index (χ1n) is 10.6. The fourth-order valence-corrected chi connectivity index (χ4v) is 3.75. The standard InChI is InChI=1S/C23H25F3N2O4/c24-23(25,26)17-5-8-21(28-9-12-30-13-10-28)20(14-17)27-22(29)16-3-6-18(7-4-16)32-15-19-2-1-11-31-19/h3-8,14,19H,1-2,9-13,15H2,(H,27,29). The Morgan fingerprint density at radius 3 is 2.50 bits per heavy atom. The molecule has 2 aromatic rings. The molecule has 0 aromatic heterocycles. The van der Waals surface area contributed by atoms with Gasteiger partial charge in [0.2, 0.25) is 0 Å². The van der Waals surface area contributed by atoms with E-state index in [1.54, 1.807) is 24.3 Å². The van der Waals surface area contributed by atoms with Gasteiger partial charge in [-0.25, -0.2) is 0 Å². The van der Waals surface area contributed by atoms with E-state index in [2.05, 4.69) is 5.32 Å². The number of nitrogens with one attached hydrogen (secondary N) is 1. The van der Waals surface area contributed by atoms with Crippen LogP contribution in [0.15, 0.2) is 42.5 Å². The molecule has 1 amide bonds. The smallest absolute Gasteiger partial charge is 0.416 e. The van der Waals surface area contributed by atoms with Gasteiger partial charge in [0.15, 0.2) is 0 Å². The molecular formula is C23H25F3N2O4. The zero-order valence-corrected chi connectivity index (χ0v) is 17.5. The van der Waals surface area contributed by atoms with Crippen molar-refractivity contribution < 1.29 is 32.2 Å². The maximum absolute atomic E-state index is 13.3. The molecule has 0 aliphatic carbocycles. The Labute approximate surface area is 184 Å².